The van der Waals surface area contributed by atoms with Gasteiger partial charge in [0.15, 0.2) is 5.82 Å². The topological polar surface area (TPSA) is 57.8 Å². The molecule has 0 bridgehead atoms. The number of aromatic amines is 1. The van der Waals surface area contributed by atoms with Crippen molar-refractivity contribution in [3.05, 3.63) is 22.7 Å². The van der Waals surface area contributed by atoms with Gasteiger partial charge in [-0.15, -0.1) is 0 Å². The van der Waals surface area contributed by atoms with E-state index in [1.807, 2.05) is 0 Å². The number of rotatable bonds is 4. The van der Waals surface area contributed by atoms with Crippen LogP contribution in [0.25, 0.3) is 0 Å². The largest absolute Gasteiger partial charge is 0.365 e. The van der Waals surface area contributed by atoms with Gasteiger partial charge in [-0.1, -0.05) is 19.3 Å². The van der Waals surface area contributed by atoms with Crippen molar-refractivity contribution in [1.82, 2.24) is 9.97 Å². The Morgan fingerprint density at radius 1 is 1.57 bits per heavy atom. The molecule has 4 heteroatoms. The van der Waals surface area contributed by atoms with Crippen LogP contribution in [-0.4, -0.2) is 16.5 Å². The van der Waals surface area contributed by atoms with Gasteiger partial charge in [0.25, 0.3) is 5.56 Å². The van der Waals surface area contributed by atoms with Crippen LogP contribution in [0.4, 0.5) is 5.82 Å². The Balaban J connectivity index is 1.79. The minimum absolute atomic E-state index is 0.138. The van der Waals surface area contributed by atoms with E-state index < -0.39 is 0 Å². The number of hydrogen-bond acceptors (Lipinski definition) is 3. The second-order valence-electron chi connectivity index (χ2n) is 3.78. The second kappa shape index (κ2) is 4.26. The van der Waals surface area contributed by atoms with Crippen LogP contribution < -0.4 is 10.9 Å². The van der Waals surface area contributed by atoms with Crippen molar-refractivity contribution in [2.75, 3.05) is 11.9 Å². The molecule has 1 aliphatic rings. The van der Waals surface area contributed by atoms with Crippen molar-refractivity contribution in [1.29, 1.82) is 0 Å². The van der Waals surface area contributed by atoms with Gasteiger partial charge in [0.05, 0.1) is 0 Å². The van der Waals surface area contributed by atoms with Crippen molar-refractivity contribution in [3.8, 4) is 0 Å². The van der Waals surface area contributed by atoms with Gasteiger partial charge >= 0.3 is 0 Å². The maximum absolute atomic E-state index is 11.2. The van der Waals surface area contributed by atoms with Crippen LogP contribution in [0.3, 0.4) is 0 Å². The zero-order valence-electron chi connectivity index (χ0n) is 8.12. The third kappa shape index (κ3) is 2.13. The van der Waals surface area contributed by atoms with E-state index in [0.29, 0.717) is 5.82 Å². The van der Waals surface area contributed by atoms with E-state index in [0.717, 1.165) is 18.9 Å². The van der Waals surface area contributed by atoms with E-state index in [9.17, 15) is 4.79 Å². The highest BCUT2D eigenvalue weighted by Crippen LogP contribution is 2.28. The monoisotopic (exact) mass is 193 g/mol. The molecular formula is C10H15N3O. The quantitative estimate of drug-likeness (QED) is 0.759. The highest BCUT2D eigenvalue weighted by Gasteiger charge is 2.16. The first-order valence-corrected chi connectivity index (χ1v) is 5.14. The Labute approximate surface area is 82.8 Å². The number of anilines is 1. The second-order valence-corrected chi connectivity index (χ2v) is 3.78. The molecule has 0 amide bonds. The van der Waals surface area contributed by atoms with E-state index >= 15 is 0 Å². The first-order valence-electron chi connectivity index (χ1n) is 5.14. The number of hydrogen-bond donors (Lipinski definition) is 2. The third-order valence-corrected chi connectivity index (χ3v) is 2.78. The molecular weight excluding hydrogens is 178 g/mol. The Kier molecular flexibility index (Phi) is 2.81. The summed E-state index contributed by atoms with van der Waals surface area (Å²) in [5.74, 6) is 1.30. The maximum Gasteiger partial charge on any atom is 0.290 e. The summed E-state index contributed by atoms with van der Waals surface area (Å²) in [6.07, 6.45) is 8.35. The Hall–Kier alpha value is -1.32. The van der Waals surface area contributed by atoms with Gasteiger partial charge in [-0.2, -0.15) is 0 Å². The molecule has 1 fully saturated rings. The number of aromatic nitrogens is 2. The molecule has 2 N–H and O–H groups in total. The number of nitrogens with one attached hydrogen (secondary N) is 2. The summed E-state index contributed by atoms with van der Waals surface area (Å²) in [6, 6.07) is 0. The molecule has 0 radical (unpaired) electrons. The summed E-state index contributed by atoms with van der Waals surface area (Å²) < 4.78 is 0. The molecule has 76 valence electrons. The van der Waals surface area contributed by atoms with Gasteiger partial charge in [0.2, 0.25) is 0 Å². The molecule has 1 saturated carbocycles. The van der Waals surface area contributed by atoms with Gasteiger partial charge in [0, 0.05) is 18.9 Å². The molecule has 1 aromatic heterocycles. The highest BCUT2D eigenvalue weighted by molar-refractivity contribution is 5.29. The Morgan fingerprint density at radius 3 is 3.07 bits per heavy atom. The van der Waals surface area contributed by atoms with Crippen LogP contribution in [0.2, 0.25) is 0 Å². The molecule has 1 aromatic rings. The van der Waals surface area contributed by atoms with Gasteiger partial charge < -0.3 is 10.3 Å². The highest BCUT2D eigenvalue weighted by atomic mass is 16.1. The molecule has 0 aromatic carbocycles. The predicted octanol–water partition coefficient (Wildman–Crippen LogP) is 1.37. The molecule has 4 nitrogen and oxygen atoms in total. The zero-order valence-corrected chi connectivity index (χ0v) is 8.12. The molecule has 0 spiro atoms. The van der Waals surface area contributed by atoms with Crippen molar-refractivity contribution < 1.29 is 0 Å². The molecule has 2 rings (SSSR count). The van der Waals surface area contributed by atoms with Crippen LogP contribution >= 0.6 is 0 Å². The molecule has 0 unspecified atom stereocenters. The van der Waals surface area contributed by atoms with Crippen LogP contribution in [0.1, 0.15) is 25.7 Å². The van der Waals surface area contributed by atoms with Crippen molar-refractivity contribution >= 4 is 5.82 Å². The van der Waals surface area contributed by atoms with Crippen molar-refractivity contribution in [2.24, 2.45) is 5.92 Å². The van der Waals surface area contributed by atoms with Gasteiger partial charge in [-0.25, -0.2) is 4.98 Å². The van der Waals surface area contributed by atoms with E-state index in [-0.39, 0.29) is 5.56 Å². The summed E-state index contributed by atoms with van der Waals surface area (Å²) in [4.78, 5) is 17.7. The minimum Gasteiger partial charge on any atom is -0.365 e. The summed E-state index contributed by atoms with van der Waals surface area (Å²) in [6.45, 7) is 0.852. The Bertz CT molecular complexity index is 343. The van der Waals surface area contributed by atoms with E-state index in [4.69, 9.17) is 0 Å². The third-order valence-electron chi connectivity index (χ3n) is 2.78. The average Bonchev–Trinajstić information content (AvgIpc) is 2.12. The Morgan fingerprint density at radius 2 is 2.43 bits per heavy atom. The van der Waals surface area contributed by atoms with E-state index in [1.54, 1.807) is 12.4 Å². The zero-order chi connectivity index (χ0) is 9.80. The summed E-state index contributed by atoms with van der Waals surface area (Å²) in [5.41, 5.74) is -0.138. The van der Waals surface area contributed by atoms with Gasteiger partial charge in [-0.05, 0) is 12.3 Å². The van der Waals surface area contributed by atoms with Crippen molar-refractivity contribution in [2.45, 2.75) is 25.7 Å². The predicted molar refractivity (Wildman–Crippen MR) is 55.3 cm³/mol. The average molecular weight is 193 g/mol. The lowest BCUT2D eigenvalue weighted by Crippen LogP contribution is -2.20. The van der Waals surface area contributed by atoms with E-state index in [2.05, 4.69) is 15.3 Å². The maximum atomic E-state index is 11.2. The minimum atomic E-state index is -0.138. The van der Waals surface area contributed by atoms with Crippen molar-refractivity contribution in [3.63, 3.8) is 0 Å². The fraction of sp³-hybridized carbons (Fsp3) is 0.600. The summed E-state index contributed by atoms with van der Waals surface area (Å²) in [5, 5.41) is 3.06. The molecule has 0 atom stereocenters. The fourth-order valence-corrected chi connectivity index (χ4v) is 1.65. The lowest BCUT2D eigenvalue weighted by atomic mass is 9.83. The van der Waals surface area contributed by atoms with Crippen LogP contribution in [0, 0.1) is 5.92 Å². The fourth-order valence-electron chi connectivity index (χ4n) is 1.65. The first kappa shape index (κ1) is 9.24. The number of H-pyrrole nitrogens is 1. The van der Waals surface area contributed by atoms with Crippen LogP contribution in [0.5, 0.6) is 0 Å². The van der Waals surface area contributed by atoms with Crippen LogP contribution in [-0.2, 0) is 0 Å². The SMILES string of the molecule is O=c1[nH]ccnc1NCCC1CCC1. The summed E-state index contributed by atoms with van der Waals surface area (Å²) >= 11 is 0. The lowest BCUT2D eigenvalue weighted by molar-refractivity contribution is 0.303. The van der Waals surface area contributed by atoms with Gasteiger partial charge in [0.1, 0.15) is 0 Å². The molecule has 1 aliphatic carbocycles. The lowest BCUT2D eigenvalue weighted by Gasteiger charge is -2.25. The van der Waals surface area contributed by atoms with Crippen LogP contribution in [0.15, 0.2) is 17.2 Å². The summed E-state index contributed by atoms with van der Waals surface area (Å²) in [7, 11) is 0. The standard InChI is InChI=1S/C10H15N3O/c14-10-9(12-6-7-13-10)11-5-4-8-2-1-3-8/h6-8H,1-5H2,(H,11,12)(H,13,14). The number of nitrogens with zero attached hydrogens (tertiary/aromatic N) is 1. The van der Waals surface area contributed by atoms with E-state index in [1.165, 1.54) is 19.3 Å². The van der Waals surface area contributed by atoms with Gasteiger partial charge in [-0.3, -0.25) is 4.79 Å². The molecule has 0 saturated heterocycles. The molecule has 1 heterocycles. The molecule has 0 aliphatic heterocycles. The smallest absolute Gasteiger partial charge is 0.290 e. The normalized spacial score (nSPS) is 16.3. The first-order chi connectivity index (χ1) is 6.86. The molecule has 14 heavy (non-hydrogen) atoms.